The lowest BCUT2D eigenvalue weighted by Crippen LogP contribution is -2.00. The molecule has 0 saturated carbocycles. The molecule has 0 amide bonds. The molecule has 0 aliphatic heterocycles. The first kappa shape index (κ1) is 9.95. The largest absolute Gasteiger partial charge is 0.341 e. The van der Waals surface area contributed by atoms with Crippen molar-refractivity contribution in [2.24, 2.45) is 0 Å². The van der Waals surface area contributed by atoms with Crippen LogP contribution < -0.4 is 5.32 Å². The molecular weight excluding hydrogens is 261 g/mol. The van der Waals surface area contributed by atoms with Crippen LogP contribution in [0.2, 0.25) is 0 Å². The first-order valence-electron chi connectivity index (χ1n) is 3.04. The second-order valence-corrected chi connectivity index (χ2v) is 4.07. The van der Waals surface area contributed by atoms with Gasteiger partial charge in [-0.1, -0.05) is 12.2 Å². The van der Waals surface area contributed by atoms with E-state index in [1.165, 1.54) is 6.07 Å². The van der Waals surface area contributed by atoms with Crippen LogP contribution in [0.25, 0.3) is 0 Å². The Morgan fingerprint density at radius 1 is 1.58 bits per heavy atom. The predicted molar refractivity (Wildman–Crippen MR) is 59.3 cm³/mol. The highest BCUT2D eigenvalue weighted by Crippen LogP contribution is 2.20. The zero-order valence-electron chi connectivity index (χ0n) is 5.84. The van der Waals surface area contributed by atoms with Gasteiger partial charge in [-0.15, -0.1) is 12.6 Å². The Labute approximate surface area is 88.9 Å². The summed E-state index contributed by atoms with van der Waals surface area (Å²) >= 11 is 11.6. The molecule has 1 N–H and O–H groups in total. The van der Waals surface area contributed by atoms with E-state index in [4.69, 9.17) is 12.2 Å². The van der Waals surface area contributed by atoms with Crippen molar-refractivity contribution in [1.82, 2.24) is 0 Å². The number of hydrogen-bond acceptors (Lipinski definition) is 1. The Morgan fingerprint density at radius 2 is 2.25 bits per heavy atom. The molecule has 0 atom stereocenters. The molecule has 64 valence electrons. The van der Waals surface area contributed by atoms with Gasteiger partial charge >= 0.3 is 0 Å². The molecule has 0 aromatic heterocycles. The van der Waals surface area contributed by atoms with E-state index in [-0.39, 0.29) is 5.82 Å². The number of nitrogens with one attached hydrogen (secondary N) is 1. The van der Waals surface area contributed by atoms with Crippen molar-refractivity contribution in [1.29, 1.82) is 0 Å². The third-order valence-electron chi connectivity index (χ3n) is 1.17. The summed E-state index contributed by atoms with van der Waals surface area (Å²) in [5.41, 5.74) is 0.711. The van der Waals surface area contributed by atoms with Crippen LogP contribution in [0.3, 0.4) is 0 Å². The fraction of sp³-hybridized carbons (Fsp3) is 0. The van der Waals surface area contributed by atoms with E-state index in [9.17, 15) is 4.39 Å². The van der Waals surface area contributed by atoms with Gasteiger partial charge in [0.25, 0.3) is 0 Å². The third-order valence-corrected chi connectivity index (χ3v) is 1.99. The van der Waals surface area contributed by atoms with Gasteiger partial charge in [0.1, 0.15) is 10.1 Å². The standard InChI is InChI=1S/C7H5BrFNS2/c8-5-3-4(10-7(11)12)1-2-6(5)9/h1-3H,(H2,10,11,12). The molecule has 0 heterocycles. The van der Waals surface area contributed by atoms with Gasteiger partial charge in [-0.2, -0.15) is 0 Å². The normalized spacial score (nSPS) is 9.58. The van der Waals surface area contributed by atoms with E-state index < -0.39 is 0 Å². The van der Waals surface area contributed by atoms with E-state index >= 15 is 0 Å². The van der Waals surface area contributed by atoms with Gasteiger partial charge in [0.2, 0.25) is 0 Å². The lowest BCUT2D eigenvalue weighted by molar-refractivity contribution is 0.621. The quantitative estimate of drug-likeness (QED) is 0.598. The second kappa shape index (κ2) is 4.20. The monoisotopic (exact) mass is 265 g/mol. The fourth-order valence-corrected chi connectivity index (χ4v) is 1.32. The molecule has 0 aliphatic carbocycles. The summed E-state index contributed by atoms with van der Waals surface area (Å²) in [6.45, 7) is 0. The number of benzene rings is 1. The van der Waals surface area contributed by atoms with Gasteiger partial charge in [-0.3, -0.25) is 0 Å². The topological polar surface area (TPSA) is 12.0 Å². The van der Waals surface area contributed by atoms with Crippen LogP contribution in [0, 0.1) is 5.82 Å². The summed E-state index contributed by atoms with van der Waals surface area (Å²) in [4.78, 5) is 0. The average molecular weight is 266 g/mol. The van der Waals surface area contributed by atoms with Crippen LogP contribution in [0.15, 0.2) is 22.7 Å². The maximum atomic E-state index is 12.7. The first-order valence-corrected chi connectivity index (χ1v) is 4.69. The minimum Gasteiger partial charge on any atom is -0.341 e. The number of anilines is 1. The highest BCUT2D eigenvalue weighted by atomic mass is 79.9. The molecule has 0 aliphatic rings. The summed E-state index contributed by atoms with van der Waals surface area (Å²) in [5, 5.41) is 2.77. The maximum absolute atomic E-state index is 12.7. The molecule has 1 nitrogen and oxygen atoms in total. The van der Waals surface area contributed by atoms with E-state index in [1.807, 2.05) is 0 Å². The average Bonchev–Trinajstić information content (AvgIpc) is 1.96. The molecule has 1 rings (SSSR count). The molecule has 5 heteroatoms. The van der Waals surface area contributed by atoms with Crippen LogP contribution in [0.4, 0.5) is 10.1 Å². The van der Waals surface area contributed by atoms with Gasteiger partial charge in [0, 0.05) is 5.69 Å². The summed E-state index contributed by atoms with van der Waals surface area (Å²) in [5.74, 6) is -0.300. The Kier molecular flexibility index (Phi) is 3.49. The van der Waals surface area contributed by atoms with E-state index in [2.05, 4.69) is 33.9 Å². The summed E-state index contributed by atoms with van der Waals surface area (Å²) in [6, 6.07) is 4.53. The van der Waals surface area contributed by atoms with Crippen LogP contribution in [0.1, 0.15) is 0 Å². The van der Waals surface area contributed by atoms with E-state index in [1.54, 1.807) is 12.1 Å². The van der Waals surface area contributed by atoms with Gasteiger partial charge in [0.15, 0.2) is 0 Å². The van der Waals surface area contributed by atoms with Gasteiger partial charge in [0.05, 0.1) is 4.47 Å². The molecule has 0 bridgehead atoms. The summed E-state index contributed by atoms with van der Waals surface area (Å²) in [6.07, 6.45) is 0. The third kappa shape index (κ3) is 2.73. The number of halogens is 2. The van der Waals surface area contributed by atoms with Crippen LogP contribution in [-0.4, -0.2) is 4.32 Å². The Balaban J connectivity index is 2.89. The van der Waals surface area contributed by atoms with Crippen LogP contribution in [0.5, 0.6) is 0 Å². The van der Waals surface area contributed by atoms with Crippen molar-refractivity contribution in [3.8, 4) is 0 Å². The van der Waals surface area contributed by atoms with E-state index in [0.717, 1.165) is 0 Å². The maximum Gasteiger partial charge on any atom is 0.137 e. The van der Waals surface area contributed by atoms with Crippen molar-refractivity contribution in [3.05, 3.63) is 28.5 Å². The zero-order valence-corrected chi connectivity index (χ0v) is 9.14. The number of thiocarbonyl (C=S) groups is 1. The second-order valence-electron chi connectivity index (χ2n) is 2.06. The molecular formula is C7H5BrFNS2. The molecule has 0 saturated heterocycles. The Bertz CT molecular complexity index is 316. The van der Waals surface area contributed by atoms with Crippen molar-refractivity contribution in [2.75, 3.05) is 5.32 Å². The molecule has 0 radical (unpaired) electrons. The molecule has 12 heavy (non-hydrogen) atoms. The number of rotatable bonds is 1. The smallest absolute Gasteiger partial charge is 0.137 e. The Hall–Kier alpha value is -0.130. The van der Waals surface area contributed by atoms with Crippen molar-refractivity contribution in [3.63, 3.8) is 0 Å². The summed E-state index contributed by atoms with van der Waals surface area (Å²) < 4.78 is 13.5. The minimum absolute atomic E-state index is 0.300. The molecule has 0 fully saturated rings. The molecule has 0 unspecified atom stereocenters. The van der Waals surface area contributed by atoms with Gasteiger partial charge in [-0.25, -0.2) is 4.39 Å². The van der Waals surface area contributed by atoms with Gasteiger partial charge in [-0.05, 0) is 34.1 Å². The molecule has 1 aromatic rings. The van der Waals surface area contributed by atoms with Crippen molar-refractivity contribution >= 4 is 50.8 Å². The number of hydrogen-bond donors (Lipinski definition) is 2. The lowest BCUT2D eigenvalue weighted by Gasteiger charge is -2.03. The zero-order chi connectivity index (χ0) is 9.14. The predicted octanol–water partition coefficient (Wildman–Crippen LogP) is 3.21. The lowest BCUT2D eigenvalue weighted by atomic mass is 10.3. The van der Waals surface area contributed by atoms with Crippen LogP contribution in [-0.2, 0) is 0 Å². The summed E-state index contributed by atoms with van der Waals surface area (Å²) in [7, 11) is 0. The van der Waals surface area contributed by atoms with Crippen LogP contribution >= 0.6 is 40.8 Å². The minimum atomic E-state index is -0.300. The van der Waals surface area contributed by atoms with Crippen molar-refractivity contribution in [2.45, 2.75) is 0 Å². The highest BCUT2D eigenvalue weighted by Gasteiger charge is 1.99. The van der Waals surface area contributed by atoms with E-state index in [0.29, 0.717) is 14.5 Å². The van der Waals surface area contributed by atoms with Crippen molar-refractivity contribution < 1.29 is 4.39 Å². The number of thiol groups is 1. The highest BCUT2D eigenvalue weighted by molar-refractivity contribution is 9.10. The van der Waals surface area contributed by atoms with Gasteiger partial charge < -0.3 is 5.32 Å². The molecule has 0 spiro atoms. The molecule has 1 aromatic carbocycles. The SMILES string of the molecule is Fc1ccc(NC(=S)S)cc1Br. The first-order chi connectivity index (χ1) is 5.59. The Morgan fingerprint density at radius 3 is 2.75 bits per heavy atom. The fourth-order valence-electron chi connectivity index (χ4n) is 0.697.